The number of nitro benzene ring substituents is 1. The number of hydrogen-bond donors (Lipinski definition) is 1. The maximum atomic E-state index is 12.0. The van der Waals surface area contributed by atoms with Crippen LogP contribution in [0.2, 0.25) is 5.02 Å². The number of nitrogens with zero attached hydrogens (tertiary/aromatic N) is 2. The summed E-state index contributed by atoms with van der Waals surface area (Å²) >= 11 is 5.85. The summed E-state index contributed by atoms with van der Waals surface area (Å²) in [5.41, 5.74) is -0.175. The van der Waals surface area contributed by atoms with Crippen LogP contribution in [0, 0.1) is 20.2 Å². The highest BCUT2D eigenvalue weighted by Crippen LogP contribution is 2.27. The predicted octanol–water partition coefficient (Wildman–Crippen LogP) is 2.93. The molecule has 0 radical (unpaired) electrons. The molecule has 1 amide bonds. The predicted molar refractivity (Wildman–Crippen MR) is 87.0 cm³/mol. The number of furan rings is 1. The summed E-state index contributed by atoms with van der Waals surface area (Å²) in [7, 11) is 0. The van der Waals surface area contributed by atoms with Gasteiger partial charge in [0.15, 0.2) is 6.10 Å². The van der Waals surface area contributed by atoms with Crippen molar-refractivity contribution >= 4 is 40.7 Å². The second kappa shape index (κ2) is 7.61. The van der Waals surface area contributed by atoms with Crippen LogP contribution in [0.1, 0.15) is 17.5 Å². The number of nitro groups is 2. The number of anilines is 1. The van der Waals surface area contributed by atoms with Gasteiger partial charge in [0.25, 0.3) is 11.6 Å². The number of non-ortho nitro benzene ring substituents is 1. The largest absolute Gasteiger partial charge is 0.447 e. The van der Waals surface area contributed by atoms with E-state index in [4.69, 9.17) is 16.3 Å². The molecule has 1 aromatic carbocycles. The molecule has 1 unspecified atom stereocenters. The fourth-order valence-electron chi connectivity index (χ4n) is 1.76. The molecular formula is C14H10ClN3O8. The first-order valence-electron chi connectivity index (χ1n) is 6.89. The van der Waals surface area contributed by atoms with Crippen molar-refractivity contribution in [3.05, 3.63) is 61.3 Å². The van der Waals surface area contributed by atoms with E-state index in [0.29, 0.717) is 0 Å². The highest BCUT2D eigenvalue weighted by molar-refractivity contribution is 6.34. The lowest BCUT2D eigenvalue weighted by Crippen LogP contribution is -2.30. The van der Waals surface area contributed by atoms with E-state index in [-0.39, 0.29) is 16.4 Å². The Bertz CT molecular complexity index is 894. The van der Waals surface area contributed by atoms with Gasteiger partial charge in [-0.15, -0.1) is 0 Å². The summed E-state index contributed by atoms with van der Waals surface area (Å²) in [5, 5.41) is 23.4. The Labute approximate surface area is 149 Å². The molecule has 136 valence electrons. The van der Waals surface area contributed by atoms with E-state index in [1.54, 1.807) is 0 Å². The third kappa shape index (κ3) is 4.33. The first kappa shape index (κ1) is 18.9. The summed E-state index contributed by atoms with van der Waals surface area (Å²) in [6, 6.07) is 5.43. The van der Waals surface area contributed by atoms with Gasteiger partial charge in [0.05, 0.1) is 21.7 Å². The second-order valence-electron chi connectivity index (χ2n) is 4.85. The SMILES string of the molecule is CC(OC(=O)c1ccc([N+](=O)[O-])o1)C(=O)Nc1ccc([N+](=O)[O-])cc1Cl. The van der Waals surface area contributed by atoms with E-state index >= 15 is 0 Å². The van der Waals surface area contributed by atoms with Crippen LogP contribution in [-0.2, 0) is 9.53 Å². The summed E-state index contributed by atoms with van der Waals surface area (Å²) < 4.78 is 9.52. The van der Waals surface area contributed by atoms with Gasteiger partial charge in [-0.2, -0.15) is 0 Å². The monoisotopic (exact) mass is 383 g/mol. The number of nitrogens with one attached hydrogen (secondary N) is 1. The van der Waals surface area contributed by atoms with Gasteiger partial charge < -0.3 is 14.5 Å². The molecule has 0 spiro atoms. The molecule has 2 rings (SSSR count). The molecule has 0 bridgehead atoms. The van der Waals surface area contributed by atoms with Gasteiger partial charge >= 0.3 is 11.9 Å². The lowest BCUT2D eigenvalue weighted by Gasteiger charge is -2.13. The Kier molecular flexibility index (Phi) is 5.52. The van der Waals surface area contributed by atoms with Crippen molar-refractivity contribution in [2.75, 3.05) is 5.32 Å². The number of rotatable bonds is 6. The third-order valence-electron chi connectivity index (χ3n) is 3.05. The van der Waals surface area contributed by atoms with Crippen LogP contribution in [0.15, 0.2) is 34.7 Å². The van der Waals surface area contributed by atoms with Gasteiger partial charge in [-0.25, -0.2) is 4.79 Å². The summed E-state index contributed by atoms with van der Waals surface area (Å²) in [6.45, 7) is 1.25. The maximum Gasteiger partial charge on any atom is 0.433 e. The lowest BCUT2D eigenvalue weighted by molar-refractivity contribution is -0.402. The van der Waals surface area contributed by atoms with E-state index in [1.165, 1.54) is 13.0 Å². The van der Waals surface area contributed by atoms with Crippen LogP contribution < -0.4 is 5.32 Å². The minimum Gasteiger partial charge on any atom is -0.447 e. The number of carbonyl (C=O) groups is 2. The lowest BCUT2D eigenvalue weighted by atomic mass is 10.2. The molecule has 1 N–H and O–H groups in total. The van der Waals surface area contributed by atoms with E-state index < -0.39 is 39.5 Å². The third-order valence-corrected chi connectivity index (χ3v) is 3.36. The Morgan fingerprint density at radius 2 is 1.88 bits per heavy atom. The van der Waals surface area contributed by atoms with Crippen LogP contribution >= 0.6 is 11.6 Å². The van der Waals surface area contributed by atoms with Gasteiger partial charge in [-0.3, -0.25) is 25.0 Å². The zero-order valence-electron chi connectivity index (χ0n) is 13.0. The van der Waals surface area contributed by atoms with Gasteiger partial charge in [0.1, 0.15) is 4.92 Å². The molecule has 2 aromatic rings. The van der Waals surface area contributed by atoms with E-state index in [9.17, 15) is 29.8 Å². The highest BCUT2D eigenvalue weighted by atomic mass is 35.5. The van der Waals surface area contributed by atoms with Gasteiger partial charge in [0, 0.05) is 12.1 Å². The van der Waals surface area contributed by atoms with Crippen molar-refractivity contribution in [1.82, 2.24) is 0 Å². The van der Waals surface area contributed by atoms with Crippen molar-refractivity contribution in [2.45, 2.75) is 13.0 Å². The highest BCUT2D eigenvalue weighted by Gasteiger charge is 2.24. The van der Waals surface area contributed by atoms with Gasteiger partial charge in [0.2, 0.25) is 5.76 Å². The van der Waals surface area contributed by atoms with Crippen LogP contribution in [0.4, 0.5) is 17.3 Å². The Hall–Kier alpha value is -3.47. The molecule has 0 aliphatic carbocycles. The van der Waals surface area contributed by atoms with E-state index in [2.05, 4.69) is 9.73 Å². The number of ether oxygens (including phenoxy) is 1. The quantitative estimate of drug-likeness (QED) is 0.453. The Morgan fingerprint density at radius 1 is 1.19 bits per heavy atom. The van der Waals surface area contributed by atoms with Crippen molar-refractivity contribution in [3.63, 3.8) is 0 Å². The van der Waals surface area contributed by atoms with Crippen molar-refractivity contribution in [3.8, 4) is 0 Å². The number of carbonyl (C=O) groups excluding carboxylic acids is 2. The number of halogens is 1. The summed E-state index contributed by atoms with van der Waals surface area (Å²) in [4.78, 5) is 43.5. The number of amides is 1. The zero-order chi connectivity index (χ0) is 19.4. The molecule has 11 nitrogen and oxygen atoms in total. The van der Waals surface area contributed by atoms with Crippen LogP contribution in [0.3, 0.4) is 0 Å². The van der Waals surface area contributed by atoms with Crippen molar-refractivity contribution < 1.29 is 28.6 Å². The fourth-order valence-corrected chi connectivity index (χ4v) is 1.98. The molecule has 0 aliphatic rings. The molecule has 0 saturated heterocycles. The average Bonchev–Trinajstić information content (AvgIpc) is 3.06. The zero-order valence-corrected chi connectivity index (χ0v) is 13.8. The van der Waals surface area contributed by atoms with E-state index in [0.717, 1.165) is 24.3 Å². The molecule has 0 saturated carbocycles. The van der Waals surface area contributed by atoms with Crippen LogP contribution in [0.5, 0.6) is 0 Å². The molecule has 0 fully saturated rings. The average molecular weight is 384 g/mol. The van der Waals surface area contributed by atoms with Crippen LogP contribution in [-0.4, -0.2) is 27.8 Å². The molecule has 12 heteroatoms. The molecule has 1 aromatic heterocycles. The molecule has 26 heavy (non-hydrogen) atoms. The standard InChI is InChI=1S/C14H10ClN3O8/c1-7(25-14(20)11-4-5-12(26-11)18(23)24)13(19)16-10-3-2-8(17(21)22)6-9(10)15/h2-7H,1H3,(H,16,19). The van der Waals surface area contributed by atoms with Gasteiger partial charge in [-0.1, -0.05) is 11.6 Å². The smallest absolute Gasteiger partial charge is 0.433 e. The minimum atomic E-state index is -1.29. The first-order chi connectivity index (χ1) is 12.2. The van der Waals surface area contributed by atoms with E-state index in [1.807, 2.05) is 0 Å². The normalized spacial score (nSPS) is 11.5. The molecule has 1 heterocycles. The maximum absolute atomic E-state index is 12.0. The van der Waals surface area contributed by atoms with Crippen molar-refractivity contribution in [1.29, 1.82) is 0 Å². The topological polar surface area (TPSA) is 155 Å². The second-order valence-corrected chi connectivity index (χ2v) is 5.26. The number of hydrogen-bond acceptors (Lipinski definition) is 8. The summed E-state index contributed by atoms with van der Waals surface area (Å²) in [6.07, 6.45) is -1.29. The summed E-state index contributed by atoms with van der Waals surface area (Å²) in [5.74, 6) is -2.93. The number of esters is 1. The molecule has 0 aliphatic heterocycles. The molecular weight excluding hydrogens is 374 g/mol. The Balaban J connectivity index is 2.01. The van der Waals surface area contributed by atoms with Crippen LogP contribution in [0.25, 0.3) is 0 Å². The Morgan fingerprint density at radius 3 is 2.42 bits per heavy atom. The molecule has 1 atom stereocenters. The van der Waals surface area contributed by atoms with Gasteiger partial charge in [-0.05, 0) is 19.1 Å². The first-order valence-corrected chi connectivity index (χ1v) is 7.27. The van der Waals surface area contributed by atoms with Crippen molar-refractivity contribution in [2.24, 2.45) is 0 Å². The minimum absolute atomic E-state index is 0.0762. The number of benzene rings is 1. The fraction of sp³-hybridized carbons (Fsp3) is 0.143.